The van der Waals surface area contributed by atoms with Gasteiger partial charge in [0.05, 0.1) is 4.90 Å². The lowest BCUT2D eigenvalue weighted by Crippen LogP contribution is -2.17. The van der Waals surface area contributed by atoms with Crippen molar-refractivity contribution in [1.29, 1.82) is 0 Å². The Bertz CT molecular complexity index is 693. The monoisotopic (exact) mass is 322 g/mol. The fourth-order valence-electron chi connectivity index (χ4n) is 1.84. The van der Waals surface area contributed by atoms with Crippen molar-refractivity contribution in [2.45, 2.75) is 34.2 Å². The van der Waals surface area contributed by atoms with Crippen LogP contribution in [0, 0.1) is 0 Å². The first-order chi connectivity index (χ1) is 9.84. The lowest BCUT2D eigenvalue weighted by molar-refractivity contribution is 0.602. The van der Waals surface area contributed by atoms with Gasteiger partial charge in [0.1, 0.15) is 5.03 Å². The summed E-state index contributed by atoms with van der Waals surface area (Å²) in [6.07, 6.45) is 3.84. The summed E-state index contributed by atoms with van der Waals surface area (Å²) in [4.78, 5) is 5.67. The lowest BCUT2D eigenvalue weighted by atomic mass is 10.1. The third-order valence-electron chi connectivity index (χ3n) is 2.83. The van der Waals surface area contributed by atoms with Gasteiger partial charge in [-0.05, 0) is 49.2 Å². The van der Waals surface area contributed by atoms with Crippen molar-refractivity contribution < 1.29 is 8.42 Å². The van der Waals surface area contributed by atoms with E-state index >= 15 is 0 Å². The van der Waals surface area contributed by atoms with Crippen LogP contribution in [0.1, 0.15) is 12.5 Å². The van der Waals surface area contributed by atoms with Crippen LogP contribution in [0.15, 0.2) is 57.4 Å². The summed E-state index contributed by atoms with van der Waals surface area (Å²) in [5.41, 5.74) is 6.87. The number of benzene rings is 1. The molecule has 2 N–H and O–H groups in total. The van der Waals surface area contributed by atoms with Crippen LogP contribution < -0.4 is 5.73 Å². The van der Waals surface area contributed by atoms with Crippen molar-refractivity contribution in [2.75, 3.05) is 6.26 Å². The summed E-state index contributed by atoms with van der Waals surface area (Å²) in [5.74, 6) is 0. The van der Waals surface area contributed by atoms with Crippen LogP contribution in [0.2, 0.25) is 0 Å². The first-order valence-corrected chi connectivity index (χ1v) is 9.24. The Labute approximate surface area is 129 Å². The SMILES string of the molecule is CC(N)Cc1ccc(Sc2ccc(S(C)(=O)=O)cc2)nc1. The zero-order valence-electron chi connectivity index (χ0n) is 12.0. The fourth-order valence-corrected chi connectivity index (χ4v) is 3.23. The molecule has 0 amide bonds. The first-order valence-electron chi connectivity index (χ1n) is 6.53. The summed E-state index contributed by atoms with van der Waals surface area (Å²) < 4.78 is 22.8. The Kier molecular flexibility index (Phi) is 5.03. The molecule has 6 heteroatoms. The topological polar surface area (TPSA) is 73.1 Å². The molecule has 0 saturated carbocycles. The van der Waals surface area contributed by atoms with Crippen LogP contribution in [0.4, 0.5) is 0 Å². The number of hydrogen-bond donors (Lipinski definition) is 1. The van der Waals surface area contributed by atoms with Gasteiger partial charge >= 0.3 is 0 Å². The molecule has 1 atom stereocenters. The number of hydrogen-bond acceptors (Lipinski definition) is 5. The van der Waals surface area contributed by atoms with Gasteiger partial charge in [-0.1, -0.05) is 17.8 Å². The van der Waals surface area contributed by atoms with E-state index in [0.717, 1.165) is 21.9 Å². The van der Waals surface area contributed by atoms with Gasteiger partial charge in [-0.15, -0.1) is 0 Å². The normalized spacial score (nSPS) is 13.1. The summed E-state index contributed by atoms with van der Waals surface area (Å²) in [6, 6.07) is 10.9. The molecule has 112 valence electrons. The number of aromatic nitrogens is 1. The molecule has 1 aromatic carbocycles. The van der Waals surface area contributed by atoms with E-state index in [9.17, 15) is 8.42 Å². The standard InChI is InChI=1S/C15H18N2O2S2/c1-11(16)9-12-3-8-15(17-10-12)20-13-4-6-14(7-5-13)21(2,18)19/h3-8,10-11H,9,16H2,1-2H3. The summed E-state index contributed by atoms with van der Waals surface area (Å²) >= 11 is 1.50. The second kappa shape index (κ2) is 6.60. The smallest absolute Gasteiger partial charge is 0.175 e. The molecule has 0 fully saturated rings. The Hall–Kier alpha value is -1.37. The number of sulfone groups is 1. The highest BCUT2D eigenvalue weighted by molar-refractivity contribution is 7.99. The van der Waals surface area contributed by atoms with Crippen molar-refractivity contribution in [3.05, 3.63) is 48.2 Å². The molecule has 1 unspecified atom stereocenters. The summed E-state index contributed by atoms with van der Waals surface area (Å²) in [5, 5.41) is 0.871. The predicted molar refractivity (Wildman–Crippen MR) is 85.3 cm³/mol. The van der Waals surface area contributed by atoms with Gasteiger partial charge in [0.2, 0.25) is 0 Å². The number of rotatable bonds is 5. The molecule has 0 aliphatic carbocycles. The largest absolute Gasteiger partial charge is 0.328 e. The highest BCUT2D eigenvalue weighted by Crippen LogP contribution is 2.27. The van der Waals surface area contributed by atoms with E-state index in [0.29, 0.717) is 4.90 Å². The highest BCUT2D eigenvalue weighted by atomic mass is 32.2. The molecule has 4 nitrogen and oxygen atoms in total. The molecule has 1 aromatic heterocycles. The van der Waals surface area contributed by atoms with E-state index in [2.05, 4.69) is 4.98 Å². The number of nitrogens with zero attached hydrogens (tertiary/aromatic N) is 1. The van der Waals surface area contributed by atoms with E-state index in [1.807, 2.05) is 25.3 Å². The lowest BCUT2D eigenvalue weighted by Gasteiger charge is -2.06. The molecule has 2 rings (SSSR count). The van der Waals surface area contributed by atoms with Gasteiger partial charge in [-0.3, -0.25) is 0 Å². The van der Waals surface area contributed by atoms with E-state index in [1.54, 1.807) is 24.3 Å². The minimum atomic E-state index is -3.15. The van der Waals surface area contributed by atoms with Gasteiger partial charge in [0, 0.05) is 23.4 Å². The van der Waals surface area contributed by atoms with Crippen molar-refractivity contribution in [3.63, 3.8) is 0 Å². The van der Waals surface area contributed by atoms with Crippen molar-refractivity contribution >= 4 is 21.6 Å². The van der Waals surface area contributed by atoms with Crippen LogP contribution in [0.25, 0.3) is 0 Å². The minimum absolute atomic E-state index is 0.119. The molecule has 0 aliphatic rings. The van der Waals surface area contributed by atoms with Gasteiger partial charge in [-0.25, -0.2) is 13.4 Å². The molecular formula is C15H18N2O2S2. The quantitative estimate of drug-likeness (QED) is 0.915. The maximum Gasteiger partial charge on any atom is 0.175 e. The van der Waals surface area contributed by atoms with Crippen LogP contribution in [-0.2, 0) is 16.3 Å². The minimum Gasteiger partial charge on any atom is -0.328 e. The summed E-state index contributed by atoms with van der Waals surface area (Å²) in [6.45, 7) is 1.96. The van der Waals surface area contributed by atoms with Gasteiger partial charge < -0.3 is 5.73 Å². The van der Waals surface area contributed by atoms with Gasteiger partial charge in [-0.2, -0.15) is 0 Å². The summed E-state index contributed by atoms with van der Waals surface area (Å²) in [7, 11) is -3.15. The molecule has 0 aliphatic heterocycles. The molecule has 1 heterocycles. The Morgan fingerprint density at radius 2 is 1.86 bits per heavy atom. The van der Waals surface area contributed by atoms with E-state index in [4.69, 9.17) is 5.73 Å². The Morgan fingerprint density at radius 3 is 2.33 bits per heavy atom. The molecular weight excluding hydrogens is 304 g/mol. The van der Waals surface area contributed by atoms with Crippen molar-refractivity contribution in [1.82, 2.24) is 4.98 Å². The van der Waals surface area contributed by atoms with Crippen LogP contribution in [0.5, 0.6) is 0 Å². The molecule has 2 aromatic rings. The molecule has 0 radical (unpaired) electrons. The van der Waals surface area contributed by atoms with Crippen LogP contribution >= 0.6 is 11.8 Å². The molecule has 21 heavy (non-hydrogen) atoms. The average molecular weight is 322 g/mol. The third-order valence-corrected chi connectivity index (χ3v) is 4.92. The second-order valence-electron chi connectivity index (χ2n) is 5.03. The molecule has 0 spiro atoms. The van der Waals surface area contributed by atoms with Gasteiger partial charge in [0.25, 0.3) is 0 Å². The predicted octanol–water partition coefficient (Wildman–Crippen LogP) is 2.53. The average Bonchev–Trinajstić information content (AvgIpc) is 2.40. The molecule has 0 saturated heterocycles. The second-order valence-corrected chi connectivity index (χ2v) is 8.14. The molecule has 0 bridgehead atoms. The third kappa shape index (κ3) is 4.84. The number of pyridine rings is 1. The van der Waals surface area contributed by atoms with E-state index in [-0.39, 0.29) is 6.04 Å². The van der Waals surface area contributed by atoms with Crippen LogP contribution in [-0.4, -0.2) is 25.7 Å². The fraction of sp³-hybridized carbons (Fsp3) is 0.267. The van der Waals surface area contributed by atoms with E-state index < -0.39 is 9.84 Å². The zero-order valence-corrected chi connectivity index (χ0v) is 13.6. The zero-order chi connectivity index (χ0) is 15.5. The van der Waals surface area contributed by atoms with E-state index in [1.165, 1.54) is 18.0 Å². The van der Waals surface area contributed by atoms with Crippen molar-refractivity contribution in [2.24, 2.45) is 5.73 Å². The first kappa shape index (κ1) is 16.0. The Morgan fingerprint density at radius 1 is 1.19 bits per heavy atom. The number of nitrogens with two attached hydrogens (primary N) is 1. The van der Waals surface area contributed by atoms with Crippen LogP contribution in [0.3, 0.4) is 0 Å². The highest BCUT2D eigenvalue weighted by Gasteiger charge is 2.07. The maximum atomic E-state index is 11.4. The Balaban J connectivity index is 2.08. The maximum absolute atomic E-state index is 11.4. The van der Waals surface area contributed by atoms with Gasteiger partial charge in [0.15, 0.2) is 9.84 Å². The van der Waals surface area contributed by atoms with Crippen molar-refractivity contribution in [3.8, 4) is 0 Å².